The van der Waals surface area contributed by atoms with Gasteiger partial charge >= 0.3 is 0 Å². The third kappa shape index (κ3) is 4.49. The summed E-state index contributed by atoms with van der Waals surface area (Å²) in [5, 5.41) is 2.84. The second kappa shape index (κ2) is 9.02. The molecule has 2 fully saturated rings. The summed E-state index contributed by atoms with van der Waals surface area (Å²) in [5.41, 5.74) is 0.617. The number of anilines is 1. The van der Waals surface area contributed by atoms with Crippen LogP contribution < -0.4 is 10.1 Å². The van der Waals surface area contributed by atoms with Gasteiger partial charge in [-0.2, -0.15) is 0 Å². The summed E-state index contributed by atoms with van der Waals surface area (Å²) in [7, 11) is 0. The van der Waals surface area contributed by atoms with E-state index in [1.807, 2.05) is 18.2 Å². The molecule has 1 saturated heterocycles. The molecular formula is C21H28N2O4. The third-order valence-corrected chi connectivity index (χ3v) is 5.41. The maximum Gasteiger partial charge on any atom is 0.233 e. The van der Waals surface area contributed by atoms with Crippen molar-refractivity contribution in [1.82, 2.24) is 4.90 Å². The van der Waals surface area contributed by atoms with Crippen molar-refractivity contribution >= 4 is 23.4 Å². The van der Waals surface area contributed by atoms with E-state index in [2.05, 4.69) is 12.2 Å². The van der Waals surface area contributed by atoms with E-state index in [0.29, 0.717) is 18.0 Å². The minimum Gasteiger partial charge on any atom is -0.491 e. The quantitative estimate of drug-likeness (QED) is 0.561. The number of carbonyl (C=O) groups is 3. The number of fused-ring (bicyclic) bond motifs is 1. The lowest BCUT2D eigenvalue weighted by atomic mass is 9.81. The van der Waals surface area contributed by atoms with E-state index >= 15 is 0 Å². The van der Waals surface area contributed by atoms with Crippen LogP contribution in [0.2, 0.25) is 0 Å². The first-order valence-electron chi connectivity index (χ1n) is 9.98. The molecule has 1 aromatic rings. The Labute approximate surface area is 160 Å². The zero-order chi connectivity index (χ0) is 19.2. The lowest BCUT2D eigenvalue weighted by molar-refractivity contribution is -0.140. The van der Waals surface area contributed by atoms with Gasteiger partial charge in [0.25, 0.3) is 0 Å². The molecular weight excluding hydrogens is 344 g/mol. The van der Waals surface area contributed by atoms with Gasteiger partial charge in [-0.05, 0) is 31.4 Å². The van der Waals surface area contributed by atoms with Crippen LogP contribution in [0.5, 0.6) is 5.75 Å². The molecule has 1 heterocycles. The third-order valence-electron chi connectivity index (χ3n) is 5.41. The van der Waals surface area contributed by atoms with E-state index in [-0.39, 0.29) is 42.5 Å². The van der Waals surface area contributed by atoms with Crippen LogP contribution in [0.15, 0.2) is 24.3 Å². The molecule has 1 aliphatic heterocycles. The van der Waals surface area contributed by atoms with E-state index in [4.69, 9.17) is 4.74 Å². The van der Waals surface area contributed by atoms with Crippen LogP contribution in [-0.2, 0) is 14.4 Å². The van der Waals surface area contributed by atoms with Gasteiger partial charge in [0.2, 0.25) is 17.7 Å². The van der Waals surface area contributed by atoms with Crippen molar-refractivity contribution in [2.45, 2.75) is 51.9 Å². The molecule has 3 rings (SSSR count). The van der Waals surface area contributed by atoms with Gasteiger partial charge in [-0.3, -0.25) is 19.3 Å². The van der Waals surface area contributed by atoms with Gasteiger partial charge in [-0.25, -0.2) is 0 Å². The fraction of sp³-hybridized carbons (Fsp3) is 0.571. The molecule has 0 radical (unpaired) electrons. The zero-order valence-electron chi connectivity index (χ0n) is 15.9. The Hall–Kier alpha value is -2.37. The molecule has 0 bridgehead atoms. The van der Waals surface area contributed by atoms with E-state index in [9.17, 15) is 14.4 Å². The summed E-state index contributed by atoms with van der Waals surface area (Å²) < 4.78 is 5.72. The van der Waals surface area contributed by atoms with Crippen molar-refractivity contribution in [1.29, 1.82) is 0 Å². The molecule has 2 unspecified atom stereocenters. The highest BCUT2D eigenvalue weighted by atomic mass is 16.5. The van der Waals surface area contributed by atoms with Gasteiger partial charge in [-0.1, -0.05) is 38.3 Å². The topological polar surface area (TPSA) is 75.7 Å². The molecule has 2 aliphatic rings. The lowest BCUT2D eigenvalue weighted by Gasteiger charge is -2.19. The average molecular weight is 372 g/mol. The van der Waals surface area contributed by atoms with Crippen molar-refractivity contribution in [3.05, 3.63) is 24.3 Å². The molecule has 0 spiro atoms. The summed E-state index contributed by atoms with van der Waals surface area (Å²) >= 11 is 0. The van der Waals surface area contributed by atoms with E-state index in [1.54, 1.807) is 6.07 Å². The molecule has 1 N–H and O–H groups in total. The van der Waals surface area contributed by atoms with Gasteiger partial charge in [0.1, 0.15) is 5.75 Å². The molecule has 6 nitrogen and oxygen atoms in total. The maximum absolute atomic E-state index is 12.5. The average Bonchev–Trinajstić information content (AvgIpc) is 2.92. The second-order valence-electron chi connectivity index (χ2n) is 7.32. The minimum atomic E-state index is -0.225. The summed E-state index contributed by atoms with van der Waals surface area (Å²) in [6.07, 6.45) is 5.67. The number of rotatable bonds is 8. The number of amides is 3. The molecule has 3 amide bonds. The highest BCUT2D eigenvalue weighted by Gasteiger charge is 2.47. The van der Waals surface area contributed by atoms with Crippen LogP contribution in [-0.4, -0.2) is 35.8 Å². The maximum atomic E-state index is 12.5. The second-order valence-corrected chi connectivity index (χ2v) is 7.32. The summed E-state index contributed by atoms with van der Waals surface area (Å²) in [5.74, 6) is -0.110. The van der Waals surface area contributed by atoms with Gasteiger partial charge in [-0.15, -0.1) is 0 Å². The molecule has 0 aromatic heterocycles. The van der Waals surface area contributed by atoms with Crippen LogP contribution in [0.3, 0.4) is 0 Å². The Morgan fingerprint density at radius 3 is 2.48 bits per heavy atom. The van der Waals surface area contributed by atoms with Crippen molar-refractivity contribution in [2.75, 3.05) is 18.5 Å². The minimum absolute atomic E-state index is 0.0965. The number of para-hydroxylation sites is 2. The first-order valence-corrected chi connectivity index (χ1v) is 9.98. The fourth-order valence-corrected chi connectivity index (χ4v) is 3.90. The molecule has 1 aromatic carbocycles. The number of hydrogen-bond donors (Lipinski definition) is 1. The van der Waals surface area contributed by atoms with Crippen LogP contribution in [0, 0.1) is 11.8 Å². The number of likely N-dealkylation sites (tertiary alicyclic amines) is 1. The van der Waals surface area contributed by atoms with Crippen molar-refractivity contribution in [3.8, 4) is 5.75 Å². The lowest BCUT2D eigenvalue weighted by Crippen LogP contribution is -2.34. The summed E-state index contributed by atoms with van der Waals surface area (Å²) in [6, 6.07) is 7.31. The summed E-state index contributed by atoms with van der Waals surface area (Å²) in [4.78, 5) is 38.6. The molecule has 146 valence electrons. The largest absolute Gasteiger partial charge is 0.491 e. The van der Waals surface area contributed by atoms with Gasteiger partial charge < -0.3 is 10.1 Å². The number of nitrogens with one attached hydrogen (secondary N) is 1. The number of unbranched alkanes of at least 4 members (excludes halogenated alkanes) is 1. The number of benzene rings is 1. The predicted molar refractivity (Wildman–Crippen MR) is 102 cm³/mol. The zero-order valence-corrected chi connectivity index (χ0v) is 15.9. The summed E-state index contributed by atoms with van der Waals surface area (Å²) in [6.45, 7) is 2.84. The highest BCUT2D eigenvalue weighted by Crippen LogP contribution is 2.38. The van der Waals surface area contributed by atoms with Gasteiger partial charge in [0.15, 0.2) is 0 Å². The standard InChI is InChI=1S/C21H28N2O4/c1-2-3-14-27-18-11-7-6-10-17(18)22-19(24)12-13-23-20(25)15-8-4-5-9-16(15)21(23)26/h6-7,10-11,15-16H,2-5,8-9,12-14H2,1H3,(H,22,24). The Morgan fingerprint density at radius 1 is 1.15 bits per heavy atom. The SMILES string of the molecule is CCCCOc1ccccc1NC(=O)CCN1C(=O)C2CCCCC2C1=O. The van der Waals surface area contributed by atoms with Crippen LogP contribution in [0.4, 0.5) is 5.69 Å². The molecule has 1 aliphatic carbocycles. The predicted octanol–water partition coefficient (Wildman–Crippen LogP) is 3.37. The van der Waals surface area contributed by atoms with Crippen LogP contribution in [0.1, 0.15) is 51.9 Å². The normalized spacial score (nSPS) is 21.9. The van der Waals surface area contributed by atoms with Gasteiger partial charge in [0.05, 0.1) is 24.1 Å². The van der Waals surface area contributed by atoms with Crippen molar-refractivity contribution in [2.24, 2.45) is 11.8 Å². The van der Waals surface area contributed by atoms with Crippen molar-refractivity contribution in [3.63, 3.8) is 0 Å². The van der Waals surface area contributed by atoms with Crippen molar-refractivity contribution < 1.29 is 19.1 Å². The van der Waals surface area contributed by atoms with E-state index < -0.39 is 0 Å². The first kappa shape index (κ1) is 19.4. The van der Waals surface area contributed by atoms with Crippen LogP contribution in [0.25, 0.3) is 0 Å². The number of imide groups is 1. The number of carbonyl (C=O) groups excluding carboxylic acids is 3. The first-order chi connectivity index (χ1) is 13.1. The Kier molecular flexibility index (Phi) is 6.48. The molecule has 27 heavy (non-hydrogen) atoms. The molecule has 2 atom stereocenters. The highest BCUT2D eigenvalue weighted by molar-refractivity contribution is 6.05. The monoisotopic (exact) mass is 372 g/mol. The Morgan fingerprint density at radius 2 is 1.81 bits per heavy atom. The van der Waals surface area contributed by atoms with E-state index in [1.165, 1.54) is 4.90 Å². The van der Waals surface area contributed by atoms with E-state index in [0.717, 1.165) is 38.5 Å². The molecule has 1 saturated carbocycles. The van der Waals surface area contributed by atoms with Crippen LogP contribution >= 0.6 is 0 Å². The smallest absolute Gasteiger partial charge is 0.233 e. The number of ether oxygens (including phenoxy) is 1. The number of hydrogen-bond acceptors (Lipinski definition) is 4. The number of nitrogens with zero attached hydrogens (tertiary/aromatic N) is 1. The fourth-order valence-electron chi connectivity index (χ4n) is 3.90. The van der Waals surface area contributed by atoms with Gasteiger partial charge in [0, 0.05) is 13.0 Å². The Bertz CT molecular complexity index is 679. The Balaban J connectivity index is 1.54. The molecule has 6 heteroatoms.